The van der Waals surface area contributed by atoms with E-state index in [-0.39, 0.29) is 5.78 Å². The lowest BCUT2D eigenvalue weighted by Crippen LogP contribution is -2.07. The van der Waals surface area contributed by atoms with Crippen molar-refractivity contribution >= 4 is 17.4 Å². The number of Topliss-reactive ketones (excluding diaryl/α,β-unsaturated/α-hetero) is 1. The molecule has 0 saturated heterocycles. The lowest BCUT2D eigenvalue weighted by Gasteiger charge is -2.10. The summed E-state index contributed by atoms with van der Waals surface area (Å²) in [6, 6.07) is 9.99. The summed E-state index contributed by atoms with van der Waals surface area (Å²) in [5, 5.41) is 0.714. The van der Waals surface area contributed by atoms with E-state index in [4.69, 9.17) is 11.6 Å². The summed E-state index contributed by atoms with van der Waals surface area (Å²) < 4.78 is 0. The zero-order chi connectivity index (χ0) is 14.9. The van der Waals surface area contributed by atoms with Crippen LogP contribution in [0, 0.1) is 27.7 Å². The van der Waals surface area contributed by atoms with Crippen molar-refractivity contribution in [1.82, 2.24) is 0 Å². The van der Waals surface area contributed by atoms with Gasteiger partial charge in [-0.3, -0.25) is 4.79 Å². The first-order valence-corrected chi connectivity index (χ1v) is 7.12. The SMILES string of the molecule is Cc1ccc(C)c(CC(=O)c2cc(C)c(Cl)cc2C)c1. The molecule has 0 atom stereocenters. The number of benzene rings is 2. The molecule has 0 aliphatic carbocycles. The highest BCUT2D eigenvalue weighted by Gasteiger charge is 2.13. The molecule has 0 heterocycles. The smallest absolute Gasteiger partial charge is 0.167 e. The van der Waals surface area contributed by atoms with Gasteiger partial charge in [-0.1, -0.05) is 35.4 Å². The predicted molar refractivity (Wildman–Crippen MR) is 84.9 cm³/mol. The number of carbonyl (C=O) groups is 1. The number of carbonyl (C=O) groups excluding carboxylic acids is 1. The third kappa shape index (κ3) is 3.10. The molecule has 1 nitrogen and oxygen atoms in total. The Morgan fingerprint density at radius 1 is 0.950 bits per heavy atom. The maximum absolute atomic E-state index is 12.5. The molecule has 0 spiro atoms. The van der Waals surface area contributed by atoms with Gasteiger partial charge in [-0.2, -0.15) is 0 Å². The molecule has 2 aromatic rings. The second-order valence-electron chi connectivity index (χ2n) is 5.45. The first-order valence-electron chi connectivity index (χ1n) is 6.74. The summed E-state index contributed by atoms with van der Waals surface area (Å²) in [4.78, 5) is 12.5. The summed E-state index contributed by atoms with van der Waals surface area (Å²) in [7, 11) is 0. The van der Waals surface area contributed by atoms with Gasteiger partial charge in [0, 0.05) is 17.0 Å². The molecule has 0 unspecified atom stereocenters. The van der Waals surface area contributed by atoms with E-state index in [1.165, 1.54) is 5.56 Å². The number of halogens is 1. The van der Waals surface area contributed by atoms with E-state index in [1.807, 2.05) is 39.8 Å². The predicted octanol–water partition coefficient (Wildman–Crippen LogP) is 5.00. The molecule has 0 saturated carbocycles. The molecule has 2 rings (SSSR count). The van der Waals surface area contributed by atoms with Crippen LogP contribution in [0.3, 0.4) is 0 Å². The van der Waals surface area contributed by atoms with Gasteiger partial charge < -0.3 is 0 Å². The first kappa shape index (κ1) is 14.8. The Hall–Kier alpha value is -1.60. The van der Waals surface area contributed by atoms with Crippen LogP contribution in [0.25, 0.3) is 0 Å². The lowest BCUT2D eigenvalue weighted by atomic mass is 9.95. The lowest BCUT2D eigenvalue weighted by molar-refractivity contribution is 0.0992. The number of aryl methyl sites for hydroxylation is 4. The second-order valence-corrected chi connectivity index (χ2v) is 5.85. The number of rotatable bonds is 3. The topological polar surface area (TPSA) is 17.1 Å². The summed E-state index contributed by atoms with van der Waals surface area (Å²) >= 11 is 6.09. The minimum absolute atomic E-state index is 0.149. The molecular weight excluding hydrogens is 268 g/mol. The van der Waals surface area contributed by atoms with Gasteiger partial charge in [-0.05, 0) is 62.1 Å². The molecule has 2 heteroatoms. The van der Waals surface area contributed by atoms with E-state index in [0.717, 1.165) is 27.8 Å². The van der Waals surface area contributed by atoms with Crippen LogP contribution in [0.5, 0.6) is 0 Å². The Morgan fingerprint density at radius 3 is 2.35 bits per heavy atom. The summed E-state index contributed by atoms with van der Waals surface area (Å²) in [6.07, 6.45) is 0.440. The Balaban J connectivity index is 2.33. The molecular formula is C18H19ClO. The van der Waals surface area contributed by atoms with Gasteiger partial charge in [0.25, 0.3) is 0 Å². The van der Waals surface area contributed by atoms with Gasteiger partial charge >= 0.3 is 0 Å². The van der Waals surface area contributed by atoms with E-state index in [2.05, 4.69) is 18.2 Å². The Kier molecular flexibility index (Phi) is 4.29. The molecule has 0 N–H and O–H groups in total. The van der Waals surface area contributed by atoms with Crippen LogP contribution in [0.4, 0.5) is 0 Å². The highest BCUT2D eigenvalue weighted by atomic mass is 35.5. The highest BCUT2D eigenvalue weighted by Crippen LogP contribution is 2.22. The van der Waals surface area contributed by atoms with Crippen LogP contribution in [-0.2, 0) is 6.42 Å². The third-order valence-corrected chi connectivity index (χ3v) is 4.07. The minimum atomic E-state index is 0.149. The largest absolute Gasteiger partial charge is 0.294 e. The van der Waals surface area contributed by atoms with Gasteiger partial charge in [0.05, 0.1) is 0 Å². The minimum Gasteiger partial charge on any atom is -0.294 e. The van der Waals surface area contributed by atoms with Gasteiger partial charge in [-0.25, -0.2) is 0 Å². The average Bonchev–Trinajstić information content (AvgIpc) is 2.38. The standard InChI is InChI=1S/C18H19ClO/c1-11-5-6-12(2)15(7-11)10-18(20)16-8-14(4)17(19)9-13(16)3/h5-9H,10H2,1-4H3. The van der Waals surface area contributed by atoms with Crippen LogP contribution in [0.15, 0.2) is 30.3 Å². The summed E-state index contributed by atoms with van der Waals surface area (Å²) in [5.41, 5.74) is 6.10. The van der Waals surface area contributed by atoms with Crippen LogP contribution in [-0.4, -0.2) is 5.78 Å². The molecule has 0 aromatic heterocycles. The van der Waals surface area contributed by atoms with Crippen molar-refractivity contribution < 1.29 is 4.79 Å². The Labute approximate surface area is 125 Å². The fraction of sp³-hybridized carbons (Fsp3) is 0.278. The van der Waals surface area contributed by atoms with Crippen molar-refractivity contribution in [3.05, 3.63) is 68.7 Å². The molecule has 104 valence electrons. The monoisotopic (exact) mass is 286 g/mol. The fourth-order valence-corrected chi connectivity index (χ4v) is 2.56. The number of hydrogen-bond acceptors (Lipinski definition) is 1. The molecule has 2 aromatic carbocycles. The highest BCUT2D eigenvalue weighted by molar-refractivity contribution is 6.31. The Morgan fingerprint density at radius 2 is 1.65 bits per heavy atom. The van der Waals surface area contributed by atoms with Crippen LogP contribution in [0.1, 0.15) is 38.2 Å². The number of hydrogen-bond donors (Lipinski definition) is 0. The van der Waals surface area contributed by atoms with Crippen LogP contribution in [0.2, 0.25) is 5.02 Å². The van der Waals surface area contributed by atoms with Gasteiger partial charge in [0.15, 0.2) is 5.78 Å². The average molecular weight is 287 g/mol. The van der Waals surface area contributed by atoms with E-state index < -0.39 is 0 Å². The van der Waals surface area contributed by atoms with E-state index >= 15 is 0 Å². The van der Waals surface area contributed by atoms with Crippen LogP contribution >= 0.6 is 11.6 Å². The zero-order valence-corrected chi connectivity index (χ0v) is 13.1. The van der Waals surface area contributed by atoms with Crippen molar-refractivity contribution in [2.45, 2.75) is 34.1 Å². The number of ketones is 1. The summed E-state index contributed by atoms with van der Waals surface area (Å²) in [6.45, 7) is 7.95. The van der Waals surface area contributed by atoms with Gasteiger partial charge in [-0.15, -0.1) is 0 Å². The molecule has 0 aliphatic rings. The quantitative estimate of drug-likeness (QED) is 0.726. The molecule has 0 bridgehead atoms. The molecule has 0 fully saturated rings. The molecule has 20 heavy (non-hydrogen) atoms. The van der Waals surface area contributed by atoms with Crippen molar-refractivity contribution in [2.75, 3.05) is 0 Å². The van der Waals surface area contributed by atoms with Crippen molar-refractivity contribution in [2.24, 2.45) is 0 Å². The Bertz CT molecular complexity index is 671. The van der Waals surface area contributed by atoms with Gasteiger partial charge in [0.1, 0.15) is 0 Å². The van der Waals surface area contributed by atoms with E-state index in [0.29, 0.717) is 11.4 Å². The van der Waals surface area contributed by atoms with Crippen molar-refractivity contribution in [3.8, 4) is 0 Å². The second kappa shape index (κ2) is 5.80. The van der Waals surface area contributed by atoms with Crippen LogP contribution < -0.4 is 0 Å². The fourth-order valence-electron chi connectivity index (χ4n) is 2.34. The molecule has 0 amide bonds. The molecule has 0 radical (unpaired) electrons. The first-order chi connectivity index (χ1) is 9.38. The maximum Gasteiger partial charge on any atom is 0.167 e. The van der Waals surface area contributed by atoms with E-state index in [1.54, 1.807) is 0 Å². The summed E-state index contributed by atoms with van der Waals surface area (Å²) in [5.74, 6) is 0.149. The normalized spacial score (nSPS) is 10.7. The van der Waals surface area contributed by atoms with E-state index in [9.17, 15) is 4.79 Å². The molecule has 0 aliphatic heterocycles. The zero-order valence-electron chi connectivity index (χ0n) is 12.4. The van der Waals surface area contributed by atoms with Crippen molar-refractivity contribution in [1.29, 1.82) is 0 Å². The van der Waals surface area contributed by atoms with Crippen molar-refractivity contribution in [3.63, 3.8) is 0 Å². The van der Waals surface area contributed by atoms with Gasteiger partial charge in [0.2, 0.25) is 0 Å². The maximum atomic E-state index is 12.5. The third-order valence-electron chi connectivity index (χ3n) is 3.66.